The first-order valence-corrected chi connectivity index (χ1v) is 5.73. The molecule has 2 rings (SSSR count). The molecule has 0 unspecified atom stereocenters. The second-order valence-corrected chi connectivity index (χ2v) is 4.16. The normalized spacial score (nSPS) is 10.7. The first kappa shape index (κ1) is 12.1. The third kappa shape index (κ3) is 3.08. The standard InChI is InChI=1S/C16H14O2/c1-12-5-7-13(8-6-12)9-10-16(18)14-3-2-4-15(17)11-14/h2-11,17H,1H3. The SMILES string of the molecule is Cc1ccc(C=CC(=O)c2cccc(O)c2)cc1. The number of ketones is 1. The second-order valence-electron chi connectivity index (χ2n) is 4.16. The summed E-state index contributed by atoms with van der Waals surface area (Å²) >= 11 is 0. The number of phenols is 1. The fourth-order valence-electron chi connectivity index (χ4n) is 1.60. The van der Waals surface area contributed by atoms with Crippen LogP contribution in [0.15, 0.2) is 54.6 Å². The van der Waals surface area contributed by atoms with Crippen LogP contribution >= 0.6 is 0 Å². The topological polar surface area (TPSA) is 37.3 Å². The van der Waals surface area contributed by atoms with Gasteiger partial charge in [0.25, 0.3) is 0 Å². The van der Waals surface area contributed by atoms with Gasteiger partial charge in [0.05, 0.1) is 0 Å². The molecule has 0 amide bonds. The van der Waals surface area contributed by atoms with E-state index < -0.39 is 0 Å². The van der Waals surface area contributed by atoms with E-state index in [1.807, 2.05) is 31.2 Å². The van der Waals surface area contributed by atoms with Crippen LogP contribution in [0.25, 0.3) is 6.08 Å². The highest BCUT2D eigenvalue weighted by atomic mass is 16.3. The lowest BCUT2D eigenvalue weighted by Crippen LogP contribution is -1.93. The van der Waals surface area contributed by atoms with Crippen LogP contribution in [0, 0.1) is 6.92 Å². The van der Waals surface area contributed by atoms with Crippen molar-refractivity contribution in [2.24, 2.45) is 0 Å². The molecular formula is C16H14O2. The maximum absolute atomic E-state index is 11.8. The summed E-state index contributed by atoms with van der Waals surface area (Å²) in [6.45, 7) is 2.02. The van der Waals surface area contributed by atoms with E-state index in [1.165, 1.54) is 17.7 Å². The largest absolute Gasteiger partial charge is 0.508 e. The van der Waals surface area contributed by atoms with Gasteiger partial charge in [-0.05, 0) is 30.7 Å². The molecule has 0 heterocycles. The first-order valence-electron chi connectivity index (χ1n) is 5.73. The third-order valence-electron chi connectivity index (χ3n) is 2.64. The van der Waals surface area contributed by atoms with Crippen molar-refractivity contribution >= 4 is 11.9 Å². The van der Waals surface area contributed by atoms with Crippen molar-refractivity contribution in [3.63, 3.8) is 0 Å². The van der Waals surface area contributed by atoms with E-state index in [4.69, 9.17) is 0 Å². The van der Waals surface area contributed by atoms with Gasteiger partial charge in [0.2, 0.25) is 0 Å². The van der Waals surface area contributed by atoms with Crippen molar-refractivity contribution < 1.29 is 9.90 Å². The molecule has 0 aliphatic carbocycles. The summed E-state index contributed by atoms with van der Waals surface area (Å²) in [4.78, 5) is 11.8. The van der Waals surface area contributed by atoms with Gasteiger partial charge in [-0.3, -0.25) is 4.79 Å². The van der Waals surface area contributed by atoms with E-state index in [9.17, 15) is 9.90 Å². The number of phenolic OH excluding ortho intramolecular Hbond substituents is 1. The second kappa shape index (κ2) is 5.32. The molecule has 0 bridgehead atoms. The van der Waals surface area contributed by atoms with Crippen LogP contribution in [-0.4, -0.2) is 10.9 Å². The number of hydrogen-bond donors (Lipinski definition) is 1. The number of aryl methyl sites for hydroxylation is 1. The Morgan fingerprint density at radius 2 is 1.83 bits per heavy atom. The van der Waals surface area contributed by atoms with Crippen molar-refractivity contribution in [1.29, 1.82) is 0 Å². The lowest BCUT2D eigenvalue weighted by molar-refractivity contribution is 0.104. The summed E-state index contributed by atoms with van der Waals surface area (Å²) in [5.41, 5.74) is 2.65. The van der Waals surface area contributed by atoms with Gasteiger partial charge >= 0.3 is 0 Å². The predicted octanol–water partition coefficient (Wildman–Crippen LogP) is 3.60. The zero-order chi connectivity index (χ0) is 13.0. The molecule has 0 aliphatic rings. The summed E-state index contributed by atoms with van der Waals surface area (Å²) in [5.74, 6) is -0.0175. The molecule has 18 heavy (non-hydrogen) atoms. The van der Waals surface area contributed by atoms with Crippen molar-refractivity contribution in [3.8, 4) is 5.75 Å². The summed E-state index contributed by atoms with van der Waals surface area (Å²) in [7, 11) is 0. The molecule has 0 radical (unpaired) electrons. The highest BCUT2D eigenvalue weighted by molar-refractivity contribution is 6.07. The van der Waals surface area contributed by atoms with Gasteiger partial charge < -0.3 is 5.11 Å². The minimum absolute atomic E-state index is 0.101. The van der Waals surface area contributed by atoms with E-state index >= 15 is 0 Å². The summed E-state index contributed by atoms with van der Waals surface area (Å²) in [5, 5.41) is 9.30. The van der Waals surface area contributed by atoms with Gasteiger partial charge in [-0.15, -0.1) is 0 Å². The lowest BCUT2D eigenvalue weighted by Gasteiger charge is -1.97. The van der Waals surface area contributed by atoms with Gasteiger partial charge in [0.1, 0.15) is 5.75 Å². The molecule has 0 aliphatic heterocycles. The number of allylic oxidation sites excluding steroid dienone is 1. The molecule has 0 atom stereocenters. The van der Waals surface area contributed by atoms with Crippen LogP contribution in [0.4, 0.5) is 0 Å². The molecule has 2 aromatic rings. The fraction of sp³-hybridized carbons (Fsp3) is 0.0625. The minimum Gasteiger partial charge on any atom is -0.508 e. The summed E-state index contributed by atoms with van der Waals surface area (Å²) < 4.78 is 0. The van der Waals surface area contributed by atoms with Crippen molar-refractivity contribution in [2.45, 2.75) is 6.92 Å². The molecule has 0 aromatic heterocycles. The molecule has 0 fully saturated rings. The molecule has 2 heteroatoms. The van der Waals surface area contributed by atoms with Gasteiger partial charge in [-0.25, -0.2) is 0 Å². The van der Waals surface area contributed by atoms with E-state index in [0.717, 1.165) is 5.56 Å². The van der Waals surface area contributed by atoms with Crippen LogP contribution in [0.1, 0.15) is 21.5 Å². The van der Waals surface area contributed by atoms with Gasteiger partial charge in [0.15, 0.2) is 5.78 Å². The Balaban J connectivity index is 2.14. The predicted molar refractivity (Wildman–Crippen MR) is 72.7 cm³/mol. The number of hydrogen-bond acceptors (Lipinski definition) is 2. The third-order valence-corrected chi connectivity index (χ3v) is 2.64. The molecule has 0 saturated heterocycles. The zero-order valence-electron chi connectivity index (χ0n) is 10.1. The molecule has 2 aromatic carbocycles. The van der Waals surface area contributed by atoms with E-state index in [-0.39, 0.29) is 11.5 Å². The smallest absolute Gasteiger partial charge is 0.185 e. The van der Waals surface area contributed by atoms with Crippen molar-refractivity contribution in [3.05, 3.63) is 71.3 Å². The lowest BCUT2D eigenvalue weighted by atomic mass is 10.1. The van der Waals surface area contributed by atoms with Crippen molar-refractivity contribution in [1.82, 2.24) is 0 Å². The van der Waals surface area contributed by atoms with Gasteiger partial charge in [-0.2, -0.15) is 0 Å². The molecule has 0 saturated carbocycles. The monoisotopic (exact) mass is 238 g/mol. The number of benzene rings is 2. The number of aromatic hydroxyl groups is 1. The fourth-order valence-corrected chi connectivity index (χ4v) is 1.60. The van der Waals surface area contributed by atoms with Gasteiger partial charge in [-0.1, -0.05) is 48.0 Å². The Labute approximate surface area is 106 Å². The van der Waals surface area contributed by atoms with Crippen LogP contribution in [0.5, 0.6) is 5.75 Å². The maximum atomic E-state index is 11.8. The van der Waals surface area contributed by atoms with Crippen molar-refractivity contribution in [2.75, 3.05) is 0 Å². The molecule has 2 nitrogen and oxygen atoms in total. The molecule has 90 valence electrons. The van der Waals surface area contributed by atoms with E-state index in [1.54, 1.807) is 24.3 Å². The molecular weight excluding hydrogens is 224 g/mol. The van der Waals surface area contributed by atoms with E-state index in [2.05, 4.69) is 0 Å². The first-order chi connectivity index (χ1) is 8.65. The quantitative estimate of drug-likeness (QED) is 0.655. The highest BCUT2D eigenvalue weighted by Gasteiger charge is 2.01. The highest BCUT2D eigenvalue weighted by Crippen LogP contribution is 2.12. The Morgan fingerprint density at radius 3 is 2.50 bits per heavy atom. The van der Waals surface area contributed by atoms with E-state index in [0.29, 0.717) is 5.56 Å². The maximum Gasteiger partial charge on any atom is 0.185 e. The minimum atomic E-state index is -0.119. The summed E-state index contributed by atoms with van der Waals surface area (Å²) in [6.07, 6.45) is 3.28. The van der Waals surface area contributed by atoms with Crippen LogP contribution in [0.2, 0.25) is 0 Å². The Morgan fingerprint density at radius 1 is 1.11 bits per heavy atom. The number of carbonyl (C=O) groups excluding carboxylic acids is 1. The Hall–Kier alpha value is -2.35. The number of rotatable bonds is 3. The van der Waals surface area contributed by atoms with Crippen LogP contribution < -0.4 is 0 Å². The van der Waals surface area contributed by atoms with Gasteiger partial charge in [0, 0.05) is 5.56 Å². The Kier molecular flexibility index (Phi) is 3.58. The average Bonchev–Trinajstić information content (AvgIpc) is 2.38. The average molecular weight is 238 g/mol. The number of carbonyl (C=O) groups is 1. The zero-order valence-corrected chi connectivity index (χ0v) is 10.1. The summed E-state index contributed by atoms with van der Waals surface area (Å²) in [6, 6.07) is 14.3. The van der Waals surface area contributed by atoms with Crippen LogP contribution in [-0.2, 0) is 0 Å². The van der Waals surface area contributed by atoms with Crippen LogP contribution in [0.3, 0.4) is 0 Å². The molecule has 0 spiro atoms. The molecule has 1 N–H and O–H groups in total. The Bertz CT molecular complexity index is 580.